The monoisotopic (exact) mass is 395 g/mol. The van der Waals surface area contributed by atoms with Crippen LogP contribution in [0.3, 0.4) is 0 Å². The number of hydrogen-bond donors (Lipinski definition) is 2. The summed E-state index contributed by atoms with van der Waals surface area (Å²) in [7, 11) is 1.57. The molecular formula is C23H29N3O3. The first-order chi connectivity index (χ1) is 14.1. The molecule has 0 radical (unpaired) electrons. The van der Waals surface area contributed by atoms with E-state index in [1.165, 1.54) is 0 Å². The number of carbonyl (C=O) groups is 2. The van der Waals surface area contributed by atoms with Crippen LogP contribution in [0.25, 0.3) is 0 Å². The predicted molar refractivity (Wildman–Crippen MR) is 112 cm³/mol. The fraction of sp³-hybridized carbons (Fsp3) is 0.435. The number of nitrogens with one attached hydrogen (secondary N) is 2. The molecule has 0 spiro atoms. The van der Waals surface area contributed by atoms with Crippen LogP contribution in [0.1, 0.15) is 64.2 Å². The minimum Gasteiger partial charge on any atom is -0.376 e. The van der Waals surface area contributed by atoms with Gasteiger partial charge in [-0.2, -0.15) is 0 Å². The molecule has 2 atom stereocenters. The maximum atomic E-state index is 12.8. The van der Waals surface area contributed by atoms with Crippen LogP contribution in [0.5, 0.6) is 0 Å². The van der Waals surface area contributed by atoms with Gasteiger partial charge in [-0.05, 0) is 30.5 Å². The molecule has 2 N–H and O–H groups in total. The molecular weight excluding hydrogens is 366 g/mol. The molecule has 1 aromatic heterocycles. The molecule has 2 heterocycles. The van der Waals surface area contributed by atoms with Crippen molar-refractivity contribution in [3.8, 4) is 0 Å². The van der Waals surface area contributed by atoms with Crippen LogP contribution < -0.4 is 10.6 Å². The van der Waals surface area contributed by atoms with E-state index in [-0.39, 0.29) is 29.4 Å². The van der Waals surface area contributed by atoms with Crippen LogP contribution in [0.15, 0.2) is 42.5 Å². The van der Waals surface area contributed by atoms with E-state index in [0.29, 0.717) is 12.0 Å². The van der Waals surface area contributed by atoms with Gasteiger partial charge in [0.2, 0.25) is 0 Å². The lowest BCUT2D eigenvalue weighted by atomic mass is 9.94. The number of ketones is 1. The van der Waals surface area contributed by atoms with Crippen molar-refractivity contribution in [3.05, 3.63) is 65.0 Å². The van der Waals surface area contributed by atoms with Crippen LogP contribution in [0.2, 0.25) is 0 Å². The van der Waals surface area contributed by atoms with E-state index in [1.807, 2.05) is 43.3 Å². The van der Waals surface area contributed by atoms with Gasteiger partial charge in [-0.15, -0.1) is 0 Å². The Morgan fingerprint density at radius 2 is 2.07 bits per heavy atom. The zero-order valence-electron chi connectivity index (χ0n) is 17.1. The number of ether oxygens (including phenoxy) is 1. The third-order valence-electron chi connectivity index (χ3n) is 5.30. The van der Waals surface area contributed by atoms with Crippen LogP contribution in [-0.4, -0.2) is 49.5 Å². The molecule has 0 saturated carbocycles. The van der Waals surface area contributed by atoms with E-state index in [9.17, 15) is 9.59 Å². The number of amides is 1. The highest BCUT2D eigenvalue weighted by molar-refractivity contribution is 5.99. The van der Waals surface area contributed by atoms with Crippen molar-refractivity contribution in [1.29, 1.82) is 0 Å². The minimum absolute atomic E-state index is 0.0194. The highest BCUT2D eigenvalue weighted by Crippen LogP contribution is 2.24. The van der Waals surface area contributed by atoms with Crippen LogP contribution >= 0.6 is 0 Å². The first-order valence-corrected chi connectivity index (χ1v) is 10.2. The number of nitrogens with zero attached hydrogens (tertiary/aromatic N) is 1. The van der Waals surface area contributed by atoms with Crippen LogP contribution in [-0.2, 0) is 4.74 Å². The summed E-state index contributed by atoms with van der Waals surface area (Å²) in [5, 5.41) is 5.91. The third kappa shape index (κ3) is 5.71. The molecule has 0 unspecified atom stereocenters. The molecule has 1 aliphatic rings. The summed E-state index contributed by atoms with van der Waals surface area (Å²) in [6, 6.07) is 13.4. The fourth-order valence-electron chi connectivity index (χ4n) is 3.53. The molecule has 1 saturated heterocycles. The van der Waals surface area contributed by atoms with Crippen LogP contribution in [0.4, 0.5) is 0 Å². The average Bonchev–Trinajstić information content (AvgIpc) is 2.79. The topological polar surface area (TPSA) is 80.3 Å². The molecule has 1 amide bonds. The normalized spacial score (nSPS) is 17.5. The summed E-state index contributed by atoms with van der Waals surface area (Å²) < 4.78 is 5.69. The lowest BCUT2D eigenvalue weighted by Crippen LogP contribution is -2.38. The largest absolute Gasteiger partial charge is 0.376 e. The van der Waals surface area contributed by atoms with Gasteiger partial charge in [-0.1, -0.05) is 37.3 Å². The minimum atomic E-state index is -0.289. The standard InChI is InChI=1S/C23H29N3O3/c1-16(17-7-4-3-5-8-17)20-13-18(14-21(26-20)23(28)24-2)22(27)10-6-9-19-15-25-11-12-29-19/h3-5,7-8,13-14,16,19,25H,6,9-12,15H2,1-2H3,(H,24,28)/t16-,19+/m0/s1. The lowest BCUT2D eigenvalue weighted by Gasteiger charge is -2.23. The van der Waals surface area contributed by atoms with Gasteiger partial charge in [0.15, 0.2) is 5.78 Å². The number of benzene rings is 1. The van der Waals surface area contributed by atoms with E-state index in [1.54, 1.807) is 13.1 Å². The number of morpholine rings is 1. The van der Waals surface area contributed by atoms with Crippen molar-refractivity contribution in [2.45, 2.75) is 38.2 Å². The maximum Gasteiger partial charge on any atom is 0.269 e. The van der Waals surface area contributed by atoms with Crippen LogP contribution in [0, 0.1) is 0 Å². The molecule has 154 valence electrons. The molecule has 3 rings (SSSR count). The third-order valence-corrected chi connectivity index (χ3v) is 5.30. The van der Waals surface area contributed by atoms with Crippen molar-refractivity contribution in [2.75, 3.05) is 26.7 Å². The Kier molecular flexibility index (Phi) is 7.49. The second-order valence-electron chi connectivity index (χ2n) is 7.39. The Morgan fingerprint density at radius 1 is 1.28 bits per heavy atom. The van der Waals surface area contributed by atoms with Gasteiger partial charge in [0.05, 0.1) is 12.7 Å². The number of rotatable bonds is 8. The summed E-state index contributed by atoms with van der Waals surface area (Å²) in [6.45, 7) is 4.48. The first kappa shape index (κ1) is 21.1. The molecule has 6 heteroatoms. The zero-order chi connectivity index (χ0) is 20.6. The number of hydrogen-bond acceptors (Lipinski definition) is 5. The zero-order valence-corrected chi connectivity index (χ0v) is 17.1. The lowest BCUT2D eigenvalue weighted by molar-refractivity contribution is 0.0222. The molecule has 1 aromatic carbocycles. The summed E-state index contributed by atoms with van der Waals surface area (Å²) in [5.41, 5.74) is 2.63. The van der Waals surface area contributed by atoms with Crippen molar-refractivity contribution in [1.82, 2.24) is 15.6 Å². The smallest absolute Gasteiger partial charge is 0.269 e. The van der Waals surface area contributed by atoms with E-state index >= 15 is 0 Å². The predicted octanol–water partition coefficient (Wildman–Crippen LogP) is 2.93. The summed E-state index contributed by atoms with van der Waals surface area (Å²) >= 11 is 0. The first-order valence-electron chi connectivity index (χ1n) is 10.2. The summed E-state index contributed by atoms with van der Waals surface area (Å²) in [5.74, 6) is -0.278. The highest BCUT2D eigenvalue weighted by atomic mass is 16.5. The highest BCUT2D eigenvalue weighted by Gasteiger charge is 2.19. The Bertz CT molecular complexity index is 833. The molecule has 0 bridgehead atoms. The molecule has 29 heavy (non-hydrogen) atoms. The quantitative estimate of drug-likeness (QED) is 0.672. The number of carbonyl (C=O) groups excluding carboxylic acids is 2. The second-order valence-corrected chi connectivity index (χ2v) is 7.39. The van der Waals surface area contributed by atoms with Crippen molar-refractivity contribution in [3.63, 3.8) is 0 Å². The fourth-order valence-corrected chi connectivity index (χ4v) is 3.53. The van der Waals surface area contributed by atoms with Gasteiger partial charge >= 0.3 is 0 Å². The van der Waals surface area contributed by atoms with Gasteiger partial charge in [0, 0.05) is 43.7 Å². The van der Waals surface area contributed by atoms with Crippen molar-refractivity contribution >= 4 is 11.7 Å². The Labute approximate surface area is 172 Å². The molecule has 6 nitrogen and oxygen atoms in total. The molecule has 1 fully saturated rings. The van der Waals surface area contributed by atoms with E-state index in [2.05, 4.69) is 15.6 Å². The summed E-state index contributed by atoms with van der Waals surface area (Å²) in [4.78, 5) is 29.6. The number of aromatic nitrogens is 1. The molecule has 2 aromatic rings. The maximum absolute atomic E-state index is 12.8. The average molecular weight is 396 g/mol. The van der Waals surface area contributed by atoms with Gasteiger partial charge in [-0.25, -0.2) is 4.98 Å². The Morgan fingerprint density at radius 3 is 2.76 bits per heavy atom. The second kappa shape index (κ2) is 10.3. The van der Waals surface area contributed by atoms with Gasteiger partial charge < -0.3 is 15.4 Å². The van der Waals surface area contributed by atoms with E-state index < -0.39 is 0 Å². The van der Waals surface area contributed by atoms with Crippen molar-refractivity contribution in [2.24, 2.45) is 0 Å². The van der Waals surface area contributed by atoms with Gasteiger partial charge in [-0.3, -0.25) is 9.59 Å². The Balaban J connectivity index is 1.75. The van der Waals surface area contributed by atoms with Crippen molar-refractivity contribution < 1.29 is 14.3 Å². The Hall–Kier alpha value is -2.57. The SMILES string of the molecule is CNC(=O)c1cc(C(=O)CCC[C@@H]2CNCCO2)cc([C@@H](C)c2ccccc2)n1. The van der Waals surface area contributed by atoms with E-state index in [0.717, 1.165) is 43.8 Å². The summed E-state index contributed by atoms with van der Waals surface area (Å²) in [6.07, 6.45) is 2.20. The van der Waals surface area contributed by atoms with Gasteiger partial charge in [0.25, 0.3) is 5.91 Å². The number of Topliss-reactive ketones (excluding diaryl/α,β-unsaturated/α-hetero) is 1. The van der Waals surface area contributed by atoms with Gasteiger partial charge in [0.1, 0.15) is 5.69 Å². The molecule has 1 aliphatic heterocycles. The van der Waals surface area contributed by atoms with E-state index in [4.69, 9.17) is 4.74 Å². The number of pyridine rings is 1. The molecule has 0 aliphatic carbocycles.